The molecule has 0 bridgehead atoms. The maximum Gasteiger partial charge on any atom is 0.409 e. The Kier molecular flexibility index (Phi) is 4.23. The zero-order valence-corrected chi connectivity index (χ0v) is 15.7. The standard InChI is InChI=1S/C19H22N6O3/c1-27-19(26)24-6-4-12(5-7-24)17-22-18(28-23-17)13-2-3-14-9-21-25(16(14)8-13)15-10-20-11-15/h2-3,8-9,12,15,20H,4-7,10-11H2,1H3. The van der Waals surface area contributed by atoms with Crippen LogP contribution in [-0.2, 0) is 4.74 Å². The Bertz CT molecular complexity index is 1000. The Hall–Kier alpha value is -2.94. The molecule has 146 valence electrons. The SMILES string of the molecule is COC(=O)N1CCC(c2noc(-c3ccc4cnn(C5CNC5)c4c3)n2)CC1. The minimum atomic E-state index is -0.279. The summed E-state index contributed by atoms with van der Waals surface area (Å²) < 4.78 is 12.4. The van der Waals surface area contributed by atoms with Crippen LogP contribution in [0.25, 0.3) is 22.4 Å². The number of nitrogens with one attached hydrogen (secondary N) is 1. The lowest BCUT2D eigenvalue weighted by Crippen LogP contribution is -2.43. The molecule has 5 rings (SSSR count). The lowest BCUT2D eigenvalue weighted by atomic mass is 9.96. The number of methoxy groups -OCH3 is 1. The van der Waals surface area contributed by atoms with Crippen LogP contribution in [0.5, 0.6) is 0 Å². The number of likely N-dealkylation sites (tertiary alicyclic amines) is 1. The van der Waals surface area contributed by atoms with Crippen LogP contribution in [-0.4, -0.2) is 64.2 Å². The number of fused-ring (bicyclic) bond motifs is 1. The Morgan fingerprint density at radius 1 is 1.29 bits per heavy atom. The molecule has 2 fully saturated rings. The van der Waals surface area contributed by atoms with Crippen LogP contribution in [0.1, 0.15) is 30.6 Å². The highest BCUT2D eigenvalue weighted by molar-refractivity contribution is 5.83. The van der Waals surface area contributed by atoms with Gasteiger partial charge >= 0.3 is 6.09 Å². The average Bonchev–Trinajstić information content (AvgIpc) is 3.34. The normalized spacial score (nSPS) is 18.4. The third kappa shape index (κ3) is 2.91. The van der Waals surface area contributed by atoms with Gasteiger partial charge in [-0.3, -0.25) is 4.68 Å². The molecule has 9 nitrogen and oxygen atoms in total. The average molecular weight is 382 g/mol. The van der Waals surface area contributed by atoms with Crippen LogP contribution < -0.4 is 5.32 Å². The number of amides is 1. The highest BCUT2D eigenvalue weighted by Gasteiger charge is 2.28. The quantitative estimate of drug-likeness (QED) is 0.741. The minimum Gasteiger partial charge on any atom is -0.453 e. The van der Waals surface area contributed by atoms with Crippen molar-refractivity contribution in [2.45, 2.75) is 24.8 Å². The Morgan fingerprint density at radius 3 is 2.82 bits per heavy atom. The zero-order chi connectivity index (χ0) is 19.1. The van der Waals surface area contributed by atoms with Gasteiger partial charge in [0, 0.05) is 43.0 Å². The largest absolute Gasteiger partial charge is 0.453 e. The first-order chi connectivity index (χ1) is 13.7. The molecule has 3 aromatic rings. The molecule has 0 atom stereocenters. The number of aromatic nitrogens is 4. The number of benzene rings is 1. The topological polar surface area (TPSA) is 98.3 Å². The molecule has 9 heteroatoms. The third-order valence-corrected chi connectivity index (χ3v) is 5.69. The highest BCUT2D eigenvalue weighted by Crippen LogP contribution is 2.30. The number of carbonyl (C=O) groups is 1. The van der Waals surface area contributed by atoms with Gasteiger partial charge in [0.15, 0.2) is 5.82 Å². The number of piperidine rings is 1. The monoisotopic (exact) mass is 382 g/mol. The lowest BCUT2D eigenvalue weighted by Gasteiger charge is -2.29. The van der Waals surface area contributed by atoms with Gasteiger partial charge in [-0.2, -0.15) is 10.1 Å². The Balaban J connectivity index is 1.35. The van der Waals surface area contributed by atoms with Gasteiger partial charge in [0.2, 0.25) is 0 Å². The van der Waals surface area contributed by atoms with Gasteiger partial charge in [-0.1, -0.05) is 11.2 Å². The van der Waals surface area contributed by atoms with E-state index in [-0.39, 0.29) is 12.0 Å². The molecule has 2 saturated heterocycles. The van der Waals surface area contributed by atoms with E-state index in [1.807, 2.05) is 18.3 Å². The van der Waals surface area contributed by atoms with Crippen molar-refractivity contribution in [3.63, 3.8) is 0 Å². The lowest BCUT2D eigenvalue weighted by molar-refractivity contribution is 0.111. The first-order valence-corrected chi connectivity index (χ1v) is 9.58. The van der Waals surface area contributed by atoms with Crippen molar-refractivity contribution in [3.8, 4) is 11.5 Å². The molecule has 0 saturated carbocycles. The summed E-state index contributed by atoms with van der Waals surface area (Å²) in [6, 6.07) is 6.49. The van der Waals surface area contributed by atoms with Crippen LogP contribution >= 0.6 is 0 Å². The number of rotatable bonds is 3. The number of ether oxygens (including phenoxy) is 1. The molecule has 0 unspecified atom stereocenters. The van der Waals surface area contributed by atoms with E-state index in [4.69, 9.17) is 9.26 Å². The predicted molar refractivity (Wildman–Crippen MR) is 101 cm³/mol. The van der Waals surface area contributed by atoms with Crippen LogP contribution in [0.2, 0.25) is 0 Å². The van der Waals surface area contributed by atoms with Crippen molar-refractivity contribution < 1.29 is 14.1 Å². The number of carbonyl (C=O) groups excluding carboxylic acids is 1. The fourth-order valence-corrected chi connectivity index (χ4v) is 3.88. The van der Waals surface area contributed by atoms with Crippen molar-refractivity contribution in [1.82, 2.24) is 30.1 Å². The van der Waals surface area contributed by atoms with E-state index in [0.29, 0.717) is 30.8 Å². The highest BCUT2D eigenvalue weighted by atomic mass is 16.5. The number of hydrogen-bond acceptors (Lipinski definition) is 7. The number of hydrogen-bond donors (Lipinski definition) is 1. The van der Waals surface area contributed by atoms with Crippen LogP contribution in [0, 0.1) is 0 Å². The molecular weight excluding hydrogens is 360 g/mol. The molecule has 28 heavy (non-hydrogen) atoms. The third-order valence-electron chi connectivity index (χ3n) is 5.69. The van der Waals surface area contributed by atoms with E-state index in [2.05, 4.69) is 31.3 Å². The molecule has 2 aromatic heterocycles. The van der Waals surface area contributed by atoms with Gasteiger partial charge in [0.25, 0.3) is 5.89 Å². The summed E-state index contributed by atoms with van der Waals surface area (Å²) in [5.41, 5.74) is 1.97. The van der Waals surface area contributed by atoms with Gasteiger partial charge in [0.05, 0.1) is 24.9 Å². The molecule has 4 heterocycles. The maximum absolute atomic E-state index is 11.6. The van der Waals surface area contributed by atoms with Crippen LogP contribution in [0.3, 0.4) is 0 Å². The van der Waals surface area contributed by atoms with Gasteiger partial charge in [0.1, 0.15) is 0 Å². The maximum atomic E-state index is 11.6. The van der Waals surface area contributed by atoms with Crippen LogP contribution in [0.15, 0.2) is 28.9 Å². The second kappa shape index (κ2) is 6.90. The van der Waals surface area contributed by atoms with E-state index in [1.165, 1.54) is 7.11 Å². The van der Waals surface area contributed by atoms with E-state index < -0.39 is 0 Å². The summed E-state index contributed by atoms with van der Waals surface area (Å²) in [7, 11) is 1.41. The number of nitrogens with zero attached hydrogens (tertiary/aromatic N) is 5. The fraction of sp³-hybridized carbons (Fsp3) is 0.474. The van der Waals surface area contributed by atoms with Gasteiger partial charge in [-0.25, -0.2) is 4.79 Å². The summed E-state index contributed by atoms with van der Waals surface area (Å²) in [5.74, 6) is 1.41. The Labute approximate surface area is 161 Å². The molecule has 0 spiro atoms. The van der Waals surface area contributed by atoms with Crippen LogP contribution in [0.4, 0.5) is 4.79 Å². The van der Waals surface area contributed by atoms with E-state index in [9.17, 15) is 4.79 Å². The first-order valence-electron chi connectivity index (χ1n) is 9.58. The van der Waals surface area contributed by atoms with Crippen molar-refractivity contribution in [2.75, 3.05) is 33.3 Å². The molecule has 1 amide bonds. The van der Waals surface area contributed by atoms with Crippen molar-refractivity contribution in [1.29, 1.82) is 0 Å². The van der Waals surface area contributed by atoms with Gasteiger partial charge < -0.3 is 19.5 Å². The minimum absolute atomic E-state index is 0.189. The summed E-state index contributed by atoms with van der Waals surface area (Å²) in [6.07, 6.45) is 3.22. The first kappa shape index (κ1) is 17.2. The van der Waals surface area contributed by atoms with Gasteiger partial charge in [-0.05, 0) is 25.0 Å². The summed E-state index contributed by atoms with van der Waals surface area (Å²) in [6.45, 7) is 3.16. The van der Waals surface area contributed by atoms with E-state index >= 15 is 0 Å². The molecular formula is C19H22N6O3. The zero-order valence-electron chi connectivity index (χ0n) is 15.7. The second-order valence-electron chi connectivity index (χ2n) is 7.36. The van der Waals surface area contributed by atoms with Crippen molar-refractivity contribution in [3.05, 3.63) is 30.2 Å². The summed E-state index contributed by atoms with van der Waals surface area (Å²) >= 11 is 0. The molecule has 2 aliphatic rings. The molecule has 0 radical (unpaired) electrons. The predicted octanol–water partition coefficient (Wildman–Crippen LogP) is 2.18. The Morgan fingerprint density at radius 2 is 2.11 bits per heavy atom. The molecule has 2 aliphatic heterocycles. The summed E-state index contributed by atoms with van der Waals surface area (Å²) in [4.78, 5) is 18.0. The fourth-order valence-electron chi connectivity index (χ4n) is 3.88. The molecule has 1 aromatic carbocycles. The second-order valence-corrected chi connectivity index (χ2v) is 7.36. The van der Waals surface area contributed by atoms with Gasteiger partial charge in [-0.15, -0.1) is 0 Å². The smallest absolute Gasteiger partial charge is 0.409 e. The van der Waals surface area contributed by atoms with E-state index in [1.54, 1.807) is 4.90 Å². The van der Waals surface area contributed by atoms with E-state index in [0.717, 1.165) is 42.4 Å². The van der Waals surface area contributed by atoms with Crippen molar-refractivity contribution in [2.24, 2.45) is 0 Å². The molecule has 0 aliphatic carbocycles. The molecule has 1 N–H and O–H groups in total. The summed E-state index contributed by atoms with van der Waals surface area (Å²) in [5, 5.41) is 13.1. The van der Waals surface area contributed by atoms with Crippen molar-refractivity contribution >= 4 is 17.0 Å².